The molecule has 2 aromatic rings. The summed E-state index contributed by atoms with van der Waals surface area (Å²) >= 11 is 0. The van der Waals surface area contributed by atoms with Crippen LogP contribution in [0.1, 0.15) is 21.5 Å². The Balaban J connectivity index is 1.79. The number of rotatable bonds is 4. The van der Waals surface area contributed by atoms with Gasteiger partial charge in [0.2, 0.25) is 10.0 Å². The molecule has 0 radical (unpaired) electrons. The molecule has 0 aromatic heterocycles. The van der Waals surface area contributed by atoms with Crippen LogP contribution in [-0.4, -0.2) is 39.1 Å². The minimum Gasteiger partial charge on any atom is -0.337 e. The fourth-order valence-corrected chi connectivity index (χ4v) is 4.01. The normalized spacial score (nSPS) is 13.6. The fraction of sp³-hybridized carbons (Fsp3) is 0.278. The first-order valence-corrected chi connectivity index (χ1v) is 9.71. The SMILES string of the molecule is CN(Cc1cccc(F)c1)C(=O)c1ccc2c(c1)CCN2S(C)(=O)=O. The van der Waals surface area contributed by atoms with E-state index in [0.717, 1.165) is 5.56 Å². The second-order valence-electron chi connectivity index (χ2n) is 6.22. The molecule has 1 heterocycles. The van der Waals surface area contributed by atoms with Crippen LogP contribution in [0, 0.1) is 5.82 Å². The minimum atomic E-state index is -3.31. The van der Waals surface area contributed by atoms with Crippen LogP contribution in [0.3, 0.4) is 0 Å². The molecular formula is C18H19FN2O3S. The van der Waals surface area contributed by atoms with Gasteiger partial charge in [-0.25, -0.2) is 12.8 Å². The molecule has 5 nitrogen and oxygen atoms in total. The summed E-state index contributed by atoms with van der Waals surface area (Å²) in [5.74, 6) is -0.526. The molecule has 25 heavy (non-hydrogen) atoms. The first kappa shape index (κ1) is 17.4. The van der Waals surface area contributed by atoms with Gasteiger partial charge in [0.1, 0.15) is 5.82 Å². The van der Waals surface area contributed by atoms with Gasteiger partial charge < -0.3 is 4.90 Å². The number of sulfonamides is 1. The number of anilines is 1. The molecule has 0 saturated heterocycles. The van der Waals surface area contributed by atoms with Crippen LogP contribution in [-0.2, 0) is 23.0 Å². The largest absolute Gasteiger partial charge is 0.337 e. The number of carbonyl (C=O) groups excluding carboxylic acids is 1. The van der Waals surface area contributed by atoms with Crippen molar-refractivity contribution in [2.75, 3.05) is 24.2 Å². The molecule has 0 spiro atoms. The van der Waals surface area contributed by atoms with E-state index in [2.05, 4.69) is 0 Å². The van der Waals surface area contributed by atoms with E-state index in [0.29, 0.717) is 36.3 Å². The zero-order valence-electron chi connectivity index (χ0n) is 14.1. The highest BCUT2D eigenvalue weighted by molar-refractivity contribution is 7.92. The van der Waals surface area contributed by atoms with Crippen LogP contribution < -0.4 is 4.31 Å². The summed E-state index contributed by atoms with van der Waals surface area (Å²) < 4.78 is 38.2. The molecule has 0 unspecified atom stereocenters. The summed E-state index contributed by atoms with van der Waals surface area (Å²) in [6.07, 6.45) is 1.76. The molecule has 0 atom stereocenters. The first-order chi connectivity index (χ1) is 11.8. The van der Waals surface area contributed by atoms with E-state index < -0.39 is 10.0 Å². The van der Waals surface area contributed by atoms with Gasteiger partial charge in [-0.1, -0.05) is 12.1 Å². The smallest absolute Gasteiger partial charge is 0.253 e. The summed E-state index contributed by atoms with van der Waals surface area (Å²) in [4.78, 5) is 14.1. The lowest BCUT2D eigenvalue weighted by Gasteiger charge is -2.19. The maximum absolute atomic E-state index is 13.3. The molecule has 7 heteroatoms. The van der Waals surface area contributed by atoms with Crippen LogP contribution >= 0.6 is 0 Å². The van der Waals surface area contributed by atoms with Crippen molar-refractivity contribution in [1.82, 2.24) is 4.90 Å². The maximum Gasteiger partial charge on any atom is 0.253 e. The Kier molecular flexibility index (Phi) is 4.51. The lowest BCUT2D eigenvalue weighted by atomic mass is 10.1. The molecule has 0 aliphatic carbocycles. The Hall–Kier alpha value is -2.41. The van der Waals surface area contributed by atoms with E-state index in [4.69, 9.17) is 0 Å². The zero-order valence-corrected chi connectivity index (χ0v) is 14.9. The Morgan fingerprint density at radius 3 is 2.68 bits per heavy atom. The molecule has 1 aliphatic rings. The van der Waals surface area contributed by atoms with Gasteiger partial charge in [0.25, 0.3) is 5.91 Å². The van der Waals surface area contributed by atoms with Gasteiger partial charge >= 0.3 is 0 Å². The van der Waals surface area contributed by atoms with Gasteiger partial charge in [0.15, 0.2) is 0 Å². The lowest BCUT2D eigenvalue weighted by Crippen LogP contribution is -2.28. The van der Waals surface area contributed by atoms with E-state index >= 15 is 0 Å². The van der Waals surface area contributed by atoms with E-state index in [-0.39, 0.29) is 11.7 Å². The second-order valence-corrected chi connectivity index (χ2v) is 8.13. The van der Waals surface area contributed by atoms with Crippen molar-refractivity contribution < 1.29 is 17.6 Å². The molecule has 1 amide bonds. The third kappa shape index (κ3) is 3.66. The van der Waals surface area contributed by atoms with Gasteiger partial charge in [-0.2, -0.15) is 0 Å². The standard InChI is InChI=1S/C18H19FN2O3S/c1-20(12-13-4-3-5-16(19)10-13)18(22)15-6-7-17-14(11-15)8-9-21(17)25(2,23)24/h3-7,10-11H,8-9,12H2,1-2H3. The summed E-state index contributed by atoms with van der Waals surface area (Å²) in [5.41, 5.74) is 2.68. The summed E-state index contributed by atoms with van der Waals surface area (Å²) in [7, 11) is -1.65. The highest BCUT2D eigenvalue weighted by atomic mass is 32.2. The van der Waals surface area contributed by atoms with E-state index in [9.17, 15) is 17.6 Å². The Morgan fingerprint density at radius 1 is 1.24 bits per heavy atom. The van der Waals surface area contributed by atoms with Gasteiger partial charge in [0.05, 0.1) is 11.9 Å². The quantitative estimate of drug-likeness (QED) is 0.839. The fourth-order valence-electron chi connectivity index (χ4n) is 3.05. The summed E-state index contributed by atoms with van der Waals surface area (Å²) in [6, 6.07) is 11.2. The van der Waals surface area contributed by atoms with Crippen molar-refractivity contribution in [2.24, 2.45) is 0 Å². The highest BCUT2D eigenvalue weighted by Gasteiger charge is 2.27. The van der Waals surface area contributed by atoms with Crippen molar-refractivity contribution in [3.05, 3.63) is 65.0 Å². The van der Waals surface area contributed by atoms with Crippen LogP contribution in [0.15, 0.2) is 42.5 Å². The number of hydrogen-bond donors (Lipinski definition) is 0. The molecule has 1 aliphatic heterocycles. The number of nitrogens with zero attached hydrogens (tertiary/aromatic N) is 2. The Labute approximate surface area is 146 Å². The van der Waals surface area contributed by atoms with Crippen molar-refractivity contribution in [3.63, 3.8) is 0 Å². The zero-order chi connectivity index (χ0) is 18.2. The number of amides is 1. The van der Waals surface area contributed by atoms with E-state index in [1.165, 1.54) is 27.6 Å². The van der Waals surface area contributed by atoms with Crippen LogP contribution in [0.2, 0.25) is 0 Å². The van der Waals surface area contributed by atoms with Crippen molar-refractivity contribution in [3.8, 4) is 0 Å². The van der Waals surface area contributed by atoms with Gasteiger partial charge in [-0.15, -0.1) is 0 Å². The average molecular weight is 362 g/mol. The second kappa shape index (κ2) is 6.48. The summed E-state index contributed by atoms with van der Waals surface area (Å²) in [6.45, 7) is 0.689. The van der Waals surface area contributed by atoms with Crippen molar-refractivity contribution >= 4 is 21.6 Å². The van der Waals surface area contributed by atoms with Crippen LogP contribution in [0.5, 0.6) is 0 Å². The Morgan fingerprint density at radius 2 is 2.00 bits per heavy atom. The molecule has 0 saturated carbocycles. The monoisotopic (exact) mass is 362 g/mol. The molecule has 132 valence electrons. The number of benzene rings is 2. The lowest BCUT2D eigenvalue weighted by molar-refractivity contribution is 0.0785. The third-order valence-corrected chi connectivity index (χ3v) is 5.42. The number of hydrogen-bond acceptors (Lipinski definition) is 3. The number of carbonyl (C=O) groups is 1. The minimum absolute atomic E-state index is 0.190. The van der Waals surface area contributed by atoms with Crippen molar-refractivity contribution in [1.29, 1.82) is 0 Å². The van der Waals surface area contributed by atoms with Crippen LogP contribution in [0.25, 0.3) is 0 Å². The molecule has 3 rings (SSSR count). The summed E-state index contributed by atoms with van der Waals surface area (Å²) in [5, 5.41) is 0. The van der Waals surface area contributed by atoms with E-state index in [1.54, 1.807) is 37.4 Å². The molecule has 0 fully saturated rings. The van der Waals surface area contributed by atoms with Gasteiger partial charge in [0, 0.05) is 25.7 Å². The highest BCUT2D eigenvalue weighted by Crippen LogP contribution is 2.31. The molecule has 0 N–H and O–H groups in total. The third-order valence-electron chi connectivity index (χ3n) is 4.24. The molecular weight excluding hydrogens is 343 g/mol. The predicted molar refractivity (Wildman–Crippen MR) is 94.5 cm³/mol. The number of fused-ring (bicyclic) bond motifs is 1. The van der Waals surface area contributed by atoms with Crippen LogP contribution in [0.4, 0.5) is 10.1 Å². The van der Waals surface area contributed by atoms with E-state index in [1.807, 2.05) is 0 Å². The molecule has 0 bridgehead atoms. The van der Waals surface area contributed by atoms with Crippen molar-refractivity contribution in [2.45, 2.75) is 13.0 Å². The predicted octanol–water partition coefficient (Wildman–Crippen LogP) is 2.42. The molecule has 2 aromatic carbocycles. The Bertz CT molecular complexity index is 928. The maximum atomic E-state index is 13.3. The number of halogens is 1. The topological polar surface area (TPSA) is 57.7 Å². The van der Waals surface area contributed by atoms with Gasteiger partial charge in [-0.3, -0.25) is 9.10 Å². The van der Waals surface area contributed by atoms with Gasteiger partial charge in [-0.05, 0) is 47.9 Å². The average Bonchev–Trinajstić information content (AvgIpc) is 2.97. The first-order valence-electron chi connectivity index (χ1n) is 7.86.